The average molecular weight is 432 g/mol. The molecular weight excluding hydrogens is 413 g/mol. The smallest absolute Gasteiger partial charge is 0.416 e. The summed E-state index contributed by atoms with van der Waals surface area (Å²) < 4.78 is 43.6. The molecule has 0 fully saturated rings. The van der Waals surface area contributed by atoms with E-state index in [0.717, 1.165) is 12.1 Å². The predicted octanol–water partition coefficient (Wildman–Crippen LogP) is 4.26. The molecule has 0 atom stereocenters. The van der Waals surface area contributed by atoms with Crippen LogP contribution in [0.3, 0.4) is 0 Å². The highest BCUT2D eigenvalue weighted by Crippen LogP contribution is 2.29. The number of hydrogen-bond acceptors (Lipinski definition) is 7. The van der Waals surface area contributed by atoms with E-state index in [9.17, 15) is 13.2 Å². The molecule has 2 aromatic carbocycles. The molecule has 2 aromatic rings. The lowest BCUT2D eigenvalue weighted by molar-refractivity contribution is -0.137. The summed E-state index contributed by atoms with van der Waals surface area (Å²) in [5.74, 6) is 0.179. The SMILES string of the molecule is CON=C(C1=NOCCO1)c1ccccc1C=NN=C(C)c1ccc(C(F)(F)F)cc1. The topological polar surface area (TPSA) is 77.1 Å². The molecule has 0 bridgehead atoms. The van der Waals surface area contributed by atoms with Crippen LogP contribution in [0.1, 0.15) is 29.2 Å². The van der Waals surface area contributed by atoms with E-state index < -0.39 is 11.7 Å². The van der Waals surface area contributed by atoms with Gasteiger partial charge in [-0.15, -0.1) is 0 Å². The fourth-order valence-electron chi connectivity index (χ4n) is 2.67. The number of benzene rings is 2. The zero-order valence-corrected chi connectivity index (χ0v) is 16.8. The lowest BCUT2D eigenvalue weighted by atomic mass is 10.0. The Balaban J connectivity index is 1.84. The molecule has 10 heteroatoms. The lowest BCUT2D eigenvalue weighted by Gasteiger charge is -2.15. The quantitative estimate of drug-likeness (QED) is 0.506. The molecule has 0 N–H and O–H groups in total. The molecular formula is C21H19F3N4O3. The summed E-state index contributed by atoms with van der Waals surface area (Å²) in [4.78, 5) is 9.98. The van der Waals surface area contributed by atoms with Gasteiger partial charge in [0.25, 0.3) is 5.90 Å². The summed E-state index contributed by atoms with van der Waals surface area (Å²) in [7, 11) is 1.40. The minimum absolute atomic E-state index is 0.179. The van der Waals surface area contributed by atoms with E-state index in [1.54, 1.807) is 25.1 Å². The second kappa shape index (κ2) is 9.88. The van der Waals surface area contributed by atoms with Crippen molar-refractivity contribution in [3.8, 4) is 0 Å². The molecule has 7 nitrogen and oxygen atoms in total. The molecule has 0 aromatic heterocycles. The lowest BCUT2D eigenvalue weighted by Crippen LogP contribution is -2.26. The summed E-state index contributed by atoms with van der Waals surface area (Å²) in [6.45, 7) is 2.32. The van der Waals surface area contributed by atoms with Crippen molar-refractivity contribution in [3.63, 3.8) is 0 Å². The van der Waals surface area contributed by atoms with E-state index in [1.807, 2.05) is 6.07 Å². The molecule has 1 heterocycles. The van der Waals surface area contributed by atoms with Crippen LogP contribution in [0, 0.1) is 0 Å². The minimum Gasteiger partial charge on any atom is -0.470 e. The Bertz CT molecular complexity index is 1030. The van der Waals surface area contributed by atoms with Crippen LogP contribution in [-0.2, 0) is 20.6 Å². The third-order valence-electron chi connectivity index (χ3n) is 4.20. The van der Waals surface area contributed by atoms with Crippen LogP contribution in [0.25, 0.3) is 0 Å². The molecule has 31 heavy (non-hydrogen) atoms. The van der Waals surface area contributed by atoms with Gasteiger partial charge in [0.05, 0.1) is 17.5 Å². The van der Waals surface area contributed by atoms with Crippen molar-refractivity contribution in [2.45, 2.75) is 13.1 Å². The van der Waals surface area contributed by atoms with Gasteiger partial charge in [-0.3, -0.25) is 0 Å². The first kappa shape index (κ1) is 22.0. The van der Waals surface area contributed by atoms with E-state index in [1.165, 1.54) is 25.5 Å². The van der Waals surface area contributed by atoms with Crippen LogP contribution in [-0.4, -0.2) is 43.9 Å². The normalized spacial score (nSPS) is 15.3. The van der Waals surface area contributed by atoms with Crippen molar-refractivity contribution in [3.05, 3.63) is 70.8 Å². The number of ether oxygens (including phenoxy) is 1. The van der Waals surface area contributed by atoms with Crippen molar-refractivity contribution >= 4 is 23.5 Å². The van der Waals surface area contributed by atoms with Gasteiger partial charge >= 0.3 is 6.18 Å². The van der Waals surface area contributed by atoms with Gasteiger partial charge in [-0.2, -0.15) is 23.4 Å². The fourth-order valence-corrected chi connectivity index (χ4v) is 2.67. The van der Waals surface area contributed by atoms with E-state index in [0.29, 0.717) is 41.3 Å². The first-order valence-electron chi connectivity index (χ1n) is 9.19. The summed E-state index contributed by atoms with van der Waals surface area (Å²) >= 11 is 0. The zero-order chi connectivity index (χ0) is 22.3. The van der Waals surface area contributed by atoms with Crippen LogP contribution in [0.15, 0.2) is 69.0 Å². The molecule has 0 saturated heterocycles. The van der Waals surface area contributed by atoms with Crippen LogP contribution in [0.5, 0.6) is 0 Å². The number of alkyl halides is 3. The Labute approximate surface area is 176 Å². The Kier molecular flexibility index (Phi) is 7.01. The first-order chi connectivity index (χ1) is 14.9. The molecule has 0 radical (unpaired) electrons. The zero-order valence-electron chi connectivity index (χ0n) is 16.8. The van der Waals surface area contributed by atoms with Gasteiger partial charge in [0.1, 0.15) is 13.7 Å². The average Bonchev–Trinajstić information content (AvgIpc) is 2.78. The number of oxime groups is 2. The van der Waals surface area contributed by atoms with Crippen molar-refractivity contribution in [2.75, 3.05) is 20.3 Å². The molecule has 1 aliphatic heterocycles. The predicted molar refractivity (Wildman–Crippen MR) is 111 cm³/mol. The maximum Gasteiger partial charge on any atom is 0.416 e. The molecule has 0 amide bonds. The Morgan fingerprint density at radius 3 is 2.48 bits per heavy atom. The minimum atomic E-state index is -4.38. The molecule has 162 valence electrons. The molecule has 0 unspecified atom stereocenters. The summed E-state index contributed by atoms with van der Waals surface area (Å²) in [5, 5.41) is 16.0. The maximum atomic E-state index is 12.7. The summed E-state index contributed by atoms with van der Waals surface area (Å²) in [6.07, 6.45) is -2.89. The van der Waals surface area contributed by atoms with Gasteiger partial charge in [0.2, 0.25) is 0 Å². The van der Waals surface area contributed by atoms with Crippen LogP contribution >= 0.6 is 0 Å². The number of nitrogens with zero attached hydrogens (tertiary/aromatic N) is 4. The molecule has 0 aliphatic carbocycles. The number of halogens is 3. The third kappa shape index (κ3) is 5.68. The van der Waals surface area contributed by atoms with E-state index in [2.05, 4.69) is 20.5 Å². The molecule has 1 aliphatic rings. The number of rotatable bonds is 6. The fraction of sp³-hybridized carbons (Fsp3) is 0.238. The molecule has 0 saturated carbocycles. The van der Waals surface area contributed by atoms with Crippen molar-refractivity contribution in [1.29, 1.82) is 0 Å². The monoisotopic (exact) mass is 432 g/mol. The van der Waals surface area contributed by atoms with Crippen LogP contribution < -0.4 is 0 Å². The summed E-state index contributed by atoms with van der Waals surface area (Å²) in [5.41, 5.74) is 1.87. The van der Waals surface area contributed by atoms with E-state index in [4.69, 9.17) is 14.4 Å². The van der Waals surface area contributed by atoms with Crippen LogP contribution in [0.4, 0.5) is 13.2 Å². The van der Waals surface area contributed by atoms with E-state index in [-0.39, 0.29) is 5.90 Å². The van der Waals surface area contributed by atoms with Gasteiger partial charge in [0, 0.05) is 11.1 Å². The second-order valence-corrected chi connectivity index (χ2v) is 6.29. The molecule has 3 rings (SSSR count). The van der Waals surface area contributed by atoms with Gasteiger partial charge < -0.3 is 14.4 Å². The Hall–Kier alpha value is -3.69. The van der Waals surface area contributed by atoms with E-state index >= 15 is 0 Å². The highest BCUT2D eigenvalue weighted by atomic mass is 19.4. The van der Waals surface area contributed by atoms with Crippen molar-refractivity contribution < 1.29 is 27.6 Å². The van der Waals surface area contributed by atoms with Gasteiger partial charge in [-0.05, 0) is 29.8 Å². The first-order valence-corrected chi connectivity index (χ1v) is 9.19. The molecule has 0 spiro atoms. The number of hydrogen-bond donors (Lipinski definition) is 0. The van der Waals surface area contributed by atoms with Gasteiger partial charge in [0.15, 0.2) is 12.3 Å². The Morgan fingerprint density at radius 2 is 1.84 bits per heavy atom. The summed E-state index contributed by atoms with van der Waals surface area (Å²) in [6, 6.07) is 11.9. The third-order valence-corrected chi connectivity index (χ3v) is 4.20. The highest BCUT2D eigenvalue weighted by molar-refractivity contribution is 6.46. The Morgan fingerprint density at radius 1 is 1.10 bits per heavy atom. The largest absolute Gasteiger partial charge is 0.470 e. The maximum absolute atomic E-state index is 12.7. The van der Waals surface area contributed by atoms with Gasteiger partial charge in [-0.25, -0.2) is 0 Å². The van der Waals surface area contributed by atoms with Crippen LogP contribution in [0.2, 0.25) is 0 Å². The van der Waals surface area contributed by atoms with Crippen molar-refractivity contribution in [2.24, 2.45) is 20.5 Å². The van der Waals surface area contributed by atoms with Crippen molar-refractivity contribution in [1.82, 2.24) is 0 Å². The highest BCUT2D eigenvalue weighted by Gasteiger charge is 2.30. The van der Waals surface area contributed by atoms with Gasteiger partial charge in [-0.1, -0.05) is 41.6 Å². The standard InChI is InChI=1S/C21H19F3N4O3/c1-14(15-7-9-17(10-8-15)21(22,23)24)26-25-13-16-5-3-4-6-18(16)19(27-29-2)20-28-31-12-11-30-20/h3-10,13H,11-12H2,1-2H3. The second-order valence-electron chi connectivity index (χ2n) is 6.29.